The summed E-state index contributed by atoms with van der Waals surface area (Å²) < 4.78 is 0. The molecule has 0 aliphatic rings. The number of nitrogens with zero attached hydrogens (tertiary/aromatic N) is 1. The van der Waals surface area contributed by atoms with Gasteiger partial charge in [-0.1, -0.05) is 27.2 Å². The highest BCUT2D eigenvalue weighted by atomic mass is 16.3. The van der Waals surface area contributed by atoms with Gasteiger partial charge in [0.05, 0.1) is 6.10 Å². The average Bonchev–Trinajstić information content (AvgIpc) is 2.32. The van der Waals surface area contributed by atoms with E-state index < -0.39 is 0 Å². The maximum atomic E-state index is 9.52. The Hall–Kier alpha value is -0.0800. The quantitative estimate of drug-likeness (QED) is 0.620. The van der Waals surface area contributed by atoms with Gasteiger partial charge >= 0.3 is 0 Å². The molecule has 0 fully saturated rings. The molecule has 2 heteroatoms. The molecule has 0 amide bonds. The summed E-state index contributed by atoms with van der Waals surface area (Å²) in [5.41, 5.74) is 0. The fourth-order valence-electron chi connectivity index (χ4n) is 1.91. The van der Waals surface area contributed by atoms with Crippen LogP contribution >= 0.6 is 0 Å². The Labute approximate surface area is 102 Å². The van der Waals surface area contributed by atoms with Crippen LogP contribution in [0.25, 0.3) is 0 Å². The van der Waals surface area contributed by atoms with Crippen LogP contribution in [-0.4, -0.2) is 35.2 Å². The summed E-state index contributed by atoms with van der Waals surface area (Å²) in [5.74, 6) is 0. The van der Waals surface area contributed by atoms with Crippen LogP contribution < -0.4 is 0 Å². The van der Waals surface area contributed by atoms with Gasteiger partial charge in [-0.2, -0.15) is 0 Å². The number of hydrogen-bond acceptors (Lipinski definition) is 2. The minimum absolute atomic E-state index is 0.0926. The van der Waals surface area contributed by atoms with E-state index in [0.717, 1.165) is 25.8 Å². The highest BCUT2D eigenvalue weighted by molar-refractivity contribution is 4.66. The molecule has 0 bridgehead atoms. The van der Waals surface area contributed by atoms with Crippen LogP contribution in [0.2, 0.25) is 0 Å². The third-order valence-corrected chi connectivity index (χ3v) is 3.47. The first kappa shape index (κ1) is 15.9. The van der Waals surface area contributed by atoms with Crippen molar-refractivity contribution in [1.29, 1.82) is 0 Å². The zero-order valence-electron chi connectivity index (χ0n) is 11.7. The highest BCUT2D eigenvalue weighted by Gasteiger charge is 2.11. The van der Waals surface area contributed by atoms with Crippen molar-refractivity contribution in [3.63, 3.8) is 0 Å². The van der Waals surface area contributed by atoms with Gasteiger partial charge < -0.3 is 10.0 Å². The molecule has 0 rings (SSSR count). The number of hydrogen-bond donors (Lipinski definition) is 1. The molecule has 2 atom stereocenters. The van der Waals surface area contributed by atoms with Crippen LogP contribution in [0, 0.1) is 0 Å². The monoisotopic (exact) mass is 229 g/mol. The molecule has 0 saturated heterocycles. The lowest BCUT2D eigenvalue weighted by molar-refractivity contribution is 0.140. The maximum Gasteiger partial charge on any atom is 0.0538 e. The Morgan fingerprint density at radius 2 is 1.62 bits per heavy atom. The van der Waals surface area contributed by atoms with E-state index in [1.807, 2.05) is 6.92 Å². The standard InChI is InChI=1S/C14H31NO/c1-5-8-11-15(13(4)6-2)12-9-10-14(16)7-3/h13-14,16H,5-12H2,1-4H3. The first-order valence-corrected chi connectivity index (χ1v) is 7.07. The van der Waals surface area contributed by atoms with Crippen LogP contribution in [-0.2, 0) is 0 Å². The molecule has 0 heterocycles. The van der Waals surface area contributed by atoms with Gasteiger partial charge in [-0.05, 0) is 52.1 Å². The SMILES string of the molecule is CCCCN(CCCC(O)CC)C(C)CC. The molecule has 0 aromatic carbocycles. The van der Waals surface area contributed by atoms with E-state index in [-0.39, 0.29) is 6.10 Å². The topological polar surface area (TPSA) is 23.5 Å². The first-order valence-electron chi connectivity index (χ1n) is 7.07. The van der Waals surface area contributed by atoms with E-state index in [1.54, 1.807) is 0 Å². The van der Waals surface area contributed by atoms with Gasteiger partial charge in [0.1, 0.15) is 0 Å². The second-order valence-electron chi connectivity index (χ2n) is 4.85. The van der Waals surface area contributed by atoms with Crippen molar-refractivity contribution in [2.75, 3.05) is 13.1 Å². The van der Waals surface area contributed by atoms with Gasteiger partial charge in [0, 0.05) is 6.04 Å². The molecule has 0 aromatic heterocycles. The summed E-state index contributed by atoms with van der Waals surface area (Å²) in [6.45, 7) is 11.2. The fourth-order valence-corrected chi connectivity index (χ4v) is 1.91. The van der Waals surface area contributed by atoms with Crippen molar-refractivity contribution < 1.29 is 5.11 Å². The van der Waals surface area contributed by atoms with Gasteiger partial charge in [0.2, 0.25) is 0 Å². The molecule has 0 radical (unpaired) electrons. The Morgan fingerprint density at radius 3 is 2.12 bits per heavy atom. The van der Waals surface area contributed by atoms with Crippen molar-refractivity contribution in [3.05, 3.63) is 0 Å². The third kappa shape index (κ3) is 7.24. The predicted molar refractivity (Wildman–Crippen MR) is 71.8 cm³/mol. The summed E-state index contributed by atoms with van der Waals surface area (Å²) in [4.78, 5) is 2.58. The number of aliphatic hydroxyl groups is 1. The molecule has 0 aliphatic heterocycles. The lowest BCUT2D eigenvalue weighted by Gasteiger charge is -2.28. The number of aliphatic hydroxyl groups excluding tert-OH is 1. The minimum atomic E-state index is -0.0926. The van der Waals surface area contributed by atoms with Crippen LogP contribution in [0.15, 0.2) is 0 Å². The van der Waals surface area contributed by atoms with Crippen molar-refractivity contribution in [2.45, 2.75) is 78.4 Å². The van der Waals surface area contributed by atoms with Crippen molar-refractivity contribution >= 4 is 0 Å². The van der Waals surface area contributed by atoms with Crippen molar-refractivity contribution in [3.8, 4) is 0 Å². The lowest BCUT2D eigenvalue weighted by atomic mass is 10.1. The van der Waals surface area contributed by atoms with E-state index in [4.69, 9.17) is 0 Å². The zero-order chi connectivity index (χ0) is 12.4. The molecule has 2 nitrogen and oxygen atoms in total. The molecule has 0 spiro atoms. The van der Waals surface area contributed by atoms with Crippen molar-refractivity contribution in [1.82, 2.24) is 4.90 Å². The minimum Gasteiger partial charge on any atom is -0.393 e. The molecule has 1 N–H and O–H groups in total. The van der Waals surface area contributed by atoms with Gasteiger partial charge in [0.15, 0.2) is 0 Å². The molecule has 0 aliphatic carbocycles. The van der Waals surface area contributed by atoms with E-state index in [2.05, 4.69) is 25.7 Å². The molecular weight excluding hydrogens is 198 g/mol. The number of unbranched alkanes of at least 4 members (excludes halogenated alkanes) is 1. The summed E-state index contributed by atoms with van der Waals surface area (Å²) in [6, 6.07) is 0.685. The van der Waals surface area contributed by atoms with Crippen LogP contribution in [0.3, 0.4) is 0 Å². The van der Waals surface area contributed by atoms with Gasteiger partial charge in [-0.15, -0.1) is 0 Å². The molecule has 16 heavy (non-hydrogen) atoms. The average molecular weight is 229 g/mol. The molecule has 98 valence electrons. The van der Waals surface area contributed by atoms with Crippen LogP contribution in [0.4, 0.5) is 0 Å². The highest BCUT2D eigenvalue weighted by Crippen LogP contribution is 2.09. The first-order chi connectivity index (χ1) is 7.65. The van der Waals surface area contributed by atoms with E-state index >= 15 is 0 Å². The summed E-state index contributed by atoms with van der Waals surface area (Å²) in [6.07, 6.45) is 6.66. The Morgan fingerprint density at radius 1 is 1.00 bits per heavy atom. The van der Waals surface area contributed by atoms with Gasteiger partial charge in [-0.3, -0.25) is 0 Å². The smallest absolute Gasteiger partial charge is 0.0538 e. The second-order valence-corrected chi connectivity index (χ2v) is 4.85. The van der Waals surface area contributed by atoms with Crippen LogP contribution in [0.5, 0.6) is 0 Å². The van der Waals surface area contributed by atoms with Crippen molar-refractivity contribution in [2.24, 2.45) is 0 Å². The predicted octanol–water partition coefficient (Wildman–Crippen LogP) is 3.44. The summed E-state index contributed by atoms with van der Waals surface area (Å²) >= 11 is 0. The Balaban J connectivity index is 3.82. The fraction of sp³-hybridized carbons (Fsp3) is 1.00. The Kier molecular flexibility index (Phi) is 10.0. The Bertz CT molecular complexity index is 150. The third-order valence-electron chi connectivity index (χ3n) is 3.47. The van der Waals surface area contributed by atoms with E-state index in [1.165, 1.54) is 25.8 Å². The molecule has 2 unspecified atom stereocenters. The normalized spacial score (nSPS) is 15.4. The van der Waals surface area contributed by atoms with E-state index in [9.17, 15) is 5.11 Å². The zero-order valence-corrected chi connectivity index (χ0v) is 11.7. The number of rotatable bonds is 10. The summed E-state index contributed by atoms with van der Waals surface area (Å²) in [7, 11) is 0. The lowest BCUT2D eigenvalue weighted by Crippen LogP contribution is -2.34. The molecule has 0 aromatic rings. The van der Waals surface area contributed by atoms with Gasteiger partial charge in [-0.25, -0.2) is 0 Å². The molecule has 0 saturated carbocycles. The maximum absolute atomic E-state index is 9.52. The van der Waals surface area contributed by atoms with E-state index in [0.29, 0.717) is 6.04 Å². The largest absolute Gasteiger partial charge is 0.393 e. The van der Waals surface area contributed by atoms with Crippen LogP contribution in [0.1, 0.15) is 66.2 Å². The molecular formula is C14H31NO. The van der Waals surface area contributed by atoms with Gasteiger partial charge in [0.25, 0.3) is 0 Å². The summed E-state index contributed by atoms with van der Waals surface area (Å²) in [5, 5.41) is 9.52. The second kappa shape index (κ2) is 10.1.